The topological polar surface area (TPSA) is 108 Å². The van der Waals surface area contributed by atoms with Crippen molar-refractivity contribution in [3.63, 3.8) is 0 Å². The third kappa shape index (κ3) is 2.16. The largest absolute Gasteiger partial charge is 0.328 e. The maximum atomic E-state index is 12.2. The van der Waals surface area contributed by atoms with E-state index < -0.39 is 10.0 Å². The minimum absolute atomic E-state index is 0.0161. The summed E-state index contributed by atoms with van der Waals surface area (Å²) in [7, 11) is -3.76. The van der Waals surface area contributed by atoms with E-state index in [0.29, 0.717) is 11.1 Å². The first-order valence-corrected chi connectivity index (χ1v) is 7.18. The van der Waals surface area contributed by atoms with Gasteiger partial charge in [-0.25, -0.2) is 8.42 Å². The second-order valence-electron chi connectivity index (χ2n) is 4.13. The van der Waals surface area contributed by atoms with Crippen molar-refractivity contribution in [2.24, 2.45) is 0 Å². The van der Waals surface area contributed by atoms with E-state index in [0.717, 1.165) is 17.8 Å². The Labute approximate surface area is 113 Å². The van der Waals surface area contributed by atoms with Crippen molar-refractivity contribution in [1.82, 2.24) is 15.2 Å². The highest BCUT2D eigenvalue weighted by atomic mass is 32.2. The van der Waals surface area contributed by atoms with E-state index in [1.54, 1.807) is 24.4 Å². The zero-order valence-electron chi connectivity index (χ0n) is 10.1. The van der Waals surface area contributed by atoms with E-state index in [2.05, 4.69) is 19.9 Å². The molecule has 1 aromatic carbocycles. The van der Waals surface area contributed by atoms with Crippen LogP contribution >= 0.6 is 0 Å². The first kappa shape index (κ1) is 12.4. The number of nitrogens with one attached hydrogen (secondary N) is 3. The van der Waals surface area contributed by atoms with Crippen LogP contribution in [0.1, 0.15) is 0 Å². The molecule has 0 fully saturated rings. The minimum atomic E-state index is -3.76. The SMILES string of the molecule is O=c1ccc(S(=O)(=O)Nc2cccc3[nH]ncc23)c[nH]1. The quantitative estimate of drug-likeness (QED) is 0.670. The van der Waals surface area contributed by atoms with Crippen molar-refractivity contribution in [2.45, 2.75) is 4.90 Å². The Hall–Kier alpha value is -2.61. The van der Waals surface area contributed by atoms with E-state index in [1.807, 2.05) is 0 Å². The van der Waals surface area contributed by atoms with Gasteiger partial charge in [-0.05, 0) is 18.2 Å². The number of hydrogen-bond acceptors (Lipinski definition) is 4. The summed E-state index contributed by atoms with van der Waals surface area (Å²) in [5.41, 5.74) is 0.787. The van der Waals surface area contributed by atoms with Crippen molar-refractivity contribution >= 4 is 26.6 Å². The lowest BCUT2D eigenvalue weighted by atomic mass is 10.2. The highest BCUT2D eigenvalue weighted by molar-refractivity contribution is 7.92. The molecule has 0 saturated heterocycles. The molecule has 3 aromatic rings. The van der Waals surface area contributed by atoms with Crippen LogP contribution in [-0.4, -0.2) is 23.6 Å². The highest BCUT2D eigenvalue weighted by Crippen LogP contribution is 2.23. The van der Waals surface area contributed by atoms with Gasteiger partial charge in [0, 0.05) is 17.6 Å². The molecule has 0 aliphatic rings. The molecule has 0 amide bonds. The van der Waals surface area contributed by atoms with Crippen molar-refractivity contribution < 1.29 is 8.42 Å². The predicted octanol–water partition coefficient (Wildman–Crippen LogP) is 1.05. The smallest absolute Gasteiger partial charge is 0.263 e. The first-order valence-electron chi connectivity index (χ1n) is 5.70. The second kappa shape index (κ2) is 4.49. The van der Waals surface area contributed by atoms with Gasteiger partial charge in [0.15, 0.2) is 0 Å². The lowest BCUT2D eigenvalue weighted by Gasteiger charge is -2.08. The van der Waals surface area contributed by atoms with E-state index in [4.69, 9.17) is 0 Å². The van der Waals surface area contributed by atoms with E-state index in [-0.39, 0.29) is 10.5 Å². The molecule has 0 unspecified atom stereocenters. The van der Waals surface area contributed by atoms with Gasteiger partial charge in [-0.2, -0.15) is 5.10 Å². The zero-order chi connectivity index (χ0) is 14.2. The Bertz CT molecular complexity index is 907. The van der Waals surface area contributed by atoms with Crippen LogP contribution in [0.15, 0.2) is 52.4 Å². The number of hydrogen-bond donors (Lipinski definition) is 3. The third-order valence-corrected chi connectivity index (χ3v) is 4.16. The molecule has 102 valence electrons. The molecule has 7 nitrogen and oxygen atoms in total. The van der Waals surface area contributed by atoms with Gasteiger partial charge in [0.2, 0.25) is 5.56 Å². The van der Waals surface area contributed by atoms with Crippen molar-refractivity contribution in [3.05, 3.63) is 53.1 Å². The van der Waals surface area contributed by atoms with Crippen LogP contribution in [0.4, 0.5) is 5.69 Å². The van der Waals surface area contributed by atoms with Gasteiger partial charge in [-0.15, -0.1) is 0 Å². The van der Waals surface area contributed by atoms with Crippen LogP contribution in [0.5, 0.6) is 0 Å². The van der Waals surface area contributed by atoms with Crippen LogP contribution in [-0.2, 0) is 10.0 Å². The molecule has 0 aliphatic heterocycles. The summed E-state index contributed by atoms with van der Waals surface area (Å²) >= 11 is 0. The maximum absolute atomic E-state index is 12.2. The molecule has 0 spiro atoms. The minimum Gasteiger partial charge on any atom is -0.328 e. The van der Waals surface area contributed by atoms with Crippen LogP contribution < -0.4 is 10.3 Å². The van der Waals surface area contributed by atoms with Crippen molar-refractivity contribution in [3.8, 4) is 0 Å². The summed E-state index contributed by atoms with van der Waals surface area (Å²) in [6, 6.07) is 7.55. The predicted molar refractivity (Wildman–Crippen MR) is 74.0 cm³/mol. The molecular formula is C12H10N4O3S. The van der Waals surface area contributed by atoms with E-state index in [1.165, 1.54) is 6.07 Å². The van der Waals surface area contributed by atoms with Gasteiger partial charge in [0.25, 0.3) is 10.0 Å². The van der Waals surface area contributed by atoms with E-state index in [9.17, 15) is 13.2 Å². The number of benzene rings is 1. The van der Waals surface area contributed by atoms with Crippen LogP contribution in [0.2, 0.25) is 0 Å². The first-order chi connectivity index (χ1) is 9.56. The molecule has 0 bridgehead atoms. The van der Waals surface area contributed by atoms with Gasteiger partial charge in [0.1, 0.15) is 4.90 Å². The Morgan fingerprint density at radius 3 is 2.75 bits per heavy atom. The molecule has 3 N–H and O–H groups in total. The van der Waals surface area contributed by atoms with Crippen LogP contribution in [0, 0.1) is 0 Å². The molecule has 2 heterocycles. The molecule has 0 atom stereocenters. The third-order valence-electron chi connectivity index (χ3n) is 2.80. The van der Waals surface area contributed by atoms with Gasteiger partial charge in [0.05, 0.1) is 17.4 Å². The average molecular weight is 290 g/mol. The monoisotopic (exact) mass is 290 g/mol. The summed E-state index contributed by atoms with van der Waals surface area (Å²) in [5, 5.41) is 7.30. The summed E-state index contributed by atoms with van der Waals surface area (Å²) in [6.07, 6.45) is 2.69. The summed E-state index contributed by atoms with van der Waals surface area (Å²) in [4.78, 5) is 13.3. The molecule has 0 saturated carbocycles. The Morgan fingerprint density at radius 2 is 2.00 bits per heavy atom. The number of nitrogens with zero attached hydrogens (tertiary/aromatic N) is 1. The van der Waals surface area contributed by atoms with Gasteiger partial charge in [-0.3, -0.25) is 14.6 Å². The van der Waals surface area contributed by atoms with Crippen molar-refractivity contribution in [2.75, 3.05) is 4.72 Å². The van der Waals surface area contributed by atoms with Crippen LogP contribution in [0.3, 0.4) is 0 Å². The molecule has 3 rings (SSSR count). The molecule has 0 radical (unpaired) electrons. The fourth-order valence-electron chi connectivity index (χ4n) is 1.82. The number of rotatable bonds is 3. The number of pyridine rings is 1. The highest BCUT2D eigenvalue weighted by Gasteiger charge is 2.15. The lowest BCUT2D eigenvalue weighted by Crippen LogP contribution is -2.15. The molecule has 8 heteroatoms. The molecule has 20 heavy (non-hydrogen) atoms. The Morgan fingerprint density at radius 1 is 1.15 bits per heavy atom. The summed E-state index contributed by atoms with van der Waals surface area (Å²) < 4.78 is 26.9. The molecule has 0 aliphatic carbocycles. The number of sulfonamides is 1. The maximum Gasteiger partial charge on any atom is 0.263 e. The van der Waals surface area contributed by atoms with Gasteiger partial charge >= 0.3 is 0 Å². The lowest BCUT2D eigenvalue weighted by molar-refractivity contribution is 0.601. The zero-order valence-corrected chi connectivity index (χ0v) is 10.9. The molecular weight excluding hydrogens is 280 g/mol. The average Bonchev–Trinajstić information content (AvgIpc) is 2.88. The van der Waals surface area contributed by atoms with Gasteiger partial charge < -0.3 is 4.98 Å². The van der Waals surface area contributed by atoms with Gasteiger partial charge in [-0.1, -0.05) is 6.07 Å². The van der Waals surface area contributed by atoms with Crippen LogP contribution in [0.25, 0.3) is 10.9 Å². The number of H-pyrrole nitrogens is 2. The number of fused-ring (bicyclic) bond motifs is 1. The Kier molecular flexibility index (Phi) is 2.79. The van der Waals surface area contributed by atoms with Crippen molar-refractivity contribution in [1.29, 1.82) is 0 Å². The normalized spacial score (nSPS) is 11.6. The number of anilines is 1. The number of aromatic nitrogens is 3. The summed E-state index contributed by atoms with van der Waals surface area (Å²) in [6.45, 7) is 0. The Balaban J connectivity index is 2.03. The number of aromatic amines is 2. The fourth-order valence-corrected chi connectivity index (χ4v) is 2.87. The second-order valence-corrected chi connectivity index (χ2v) is 5.81. The molecule has 2 aromatic heterocycles. The standard InChI is InChI=1S/C12H10N4O3S/c17-12-5-4-8(6-13-12)20(18,19)16-11-3-1-2-10-9(11)7-14-15-10/h1-7,16H,(H,13,17)(H,14,15). The summed E-state index contributed by atoms with van der Waals surface area (Å²) in [5.74, 6) is 0. The fraction of sp³-hybridized carbons (Fsp3) is 0. The van der Waals surface area contributed by atoms with E-state index >= 15 is 0 Å².